The Morgan fingerprint density at radius 2 is 2.18 bits per heavy atom. The third kappa shape index (κ3) is 2.35. The third-order valence-electron chi connectivity index (χ3n) is 3.89. The molecule has 2 aromatic heterocycles. The molecule has 112 valence electrons. The minimum absolute atomic E-state index is 0.334. The van der Waals surface area contributed by atoms with Crippen LogP contribution >= 0.6 is 0 Å². The number of pyridine rings is 1. The Hall–Kier alpha value is -2.67. The molecule has 0 spiro atoms. The molecule has 7 nitrogen and oxygen atoms in total. The molecule has 1 saturated heterocycles. The predicted octanol–water partition coefficient (Wildman–Crippen LogP) is 1.09. The maximum absolute atomic E-state index is 11.3. The first-order valence-corrected chi connectivity index (χ1v) is 7.32. The zero-order chi connectivity index (χ0) is 14.9. The molecule has 22 heavy (non-hydrogen) atoms. The van der Waals surface area contributed by atoms with Crippen molar-refractivity contribution in [2.75, 3.05) is 18.4 Å². The zero-order valence-corrected chi connectivity index (χ0v) is 11.9. The highest BCUT2D eigenvalue weighted by Gasteiger charge is 2.17. The number of rotatable bonds is 3. The largest absolute Gasteiger partial charge is 0.365 e. The second kappa shape index (κ2) is 5.27. The van der Waals surface area contributed by atoms with Gasteiger partial charge in [-0.05, 0) is 24.4 Å². The summed E-state index contributed by atoms with van der Waals surface area (Å²) in [6.07, 6.45) is 1.07. The van der Waals surface area contributed by atoms with Crippen LogP contribution in [0.3, 0.4) is 0 Å². The van der Waals surface area contributed by atoms with Crippen molar-refractivity contribution >= 4 is 16.6 Å². The SMILES string of the molecule is O=c1[nH]nc(-c2cc3ccccc3c(N[C@H]3CCNC3)n2)[nH]1. The van der Waals surface area contributed by atoms with Crippen molar-refractivity contribution in [1.29, 1.82) is 0 Å². The lowest BCUT2D eigenvalue weighted by molar-refractivity contribution is 0.789. The number of aromatic amines is 2. The number of nitrogens with zero attached hydrogens (tertiary/aromatic N) is 2. The summed E-state index contributed by atoms with van der Waals surface area (Å²) in [5, 5.41) is 15.3. The number of fused-ring (bicyclic) bond motifs is 1. The molecular formula is C15H16N6O. The van der Waals surface area contributed by atoms with Crippen molar-refractivity contribution in [1.82, 2.24) is 25.5 Å². The summed E-state index contributed by atoms with van der Waals surface area (Å²) in [5.41, 5.74) is 0.310. The highest BCUT2D eigenvalue weighted by Crippen LogP contribution is 2.26. The van der Waals surface area contributed by atoms with E-state index in [0.717, 1.165) is 36.1 Å². The lowest BCUT2D eigenvalue weighted by Crippen LogP contribution is -2.23. The molecule has 1 aliphatic rings. The molecule has 0 aliphatic carbocycles. The summed E-state index contributed by atoms with van der Waals surface area (Å²) < 4.78 is 0. The van der Waals surface area contributed by atoms with Crippen molar-refractivity contribution in [2.45, 2.75) is 12.5 Å². The minimum Gasteiger partial charge on any atom is -0.365 e. The molecule has 0 unspecified atom stereocenters. The average Bonchev–Trinajstić information content (AvgIpc) is 3.19. The molecule has 7 heteroatoms. The van der Waals surface area contributed by atoms with Crippen LogP contribution in [0.4, 0.5) is 5.82 Å². The van der Waals surface area contributed by atoms with Gasteiger partial charge >= 0.3 is 5.69 Å². The maximum atomic E-state index is 11.3. The Morgan fingerprint density at radius 3 is 2.95 bits per heavy atom. The summed E-state index contributed by atoms with van der Waals surface area (Å²) in [5.74, 6) is 1.27. The van der Waals surface area contributed by atoms with E-state index >= 15 is 0 Å². The first-order chi connectivity index (χ1) is 10.8. The van der Waals surface area contributed by atoms with E-state index in [1.165, 1.54) is 0 Å². The number of aromatic nitrogens is 4. The number of H-pyrrole nitrogens is 2. The molecule has 1 aliphatic heterocycles. The maximum Gasteiger partial charge on any atom is 0.340 e. The van der Waals surface area contributed by atoms with E-state index in [0.29, 0.717) is 17.6 Å². The molecule has 0 bridgehead atoms. The highest BCUT2D eigenvalue weighted by molar-refractivity contribution is 5.94. The van der Waals surface area contributed by atoms with Gasteiger partial charge in [-0.25, -0.2) is 14.9 Å². The summed E-state index contributed by atoms with van der Waals surface area (Å²) in [6.45, 7) is 1.95. The van der Waals surface area contributed by atoms with Crippen molar-refractivity contribution in [2.24, 2.45) is 0 Å². The van der Waals surface area contributed by atoms with Crippen LogP contribution in [0.15, 0.2) is 35.1 Å². The summed E-state index contributed by atoms with van der Waals surface area (Å²) >= 11 is 0. The number of hydrogen-bond acceptors (Lipinski definition) is 5. The molecular weight excluding hydrogens is 280 g/mol. The van der Waals surface area contributed by atoms with Crippen molar-refractivity contribution in [3.63, 3.8) is 0 Å². The Kier molecular flexibility index (Phi) is 3.12. The molecule has 3 aromatic rings. The van der Waals surface area contributed by atoms with Crippen molar-refractivity contribution < 1.29 is 0 Å². The molecule has 0 amide bonds. The van der Waals surface area contributed by atoms with Gasteiger partial charge in [0.05, 0.1) is 0 Å². The highest BCUT2D eigenvalue weighted by atomic mass is 16.1. The van der Waals surface area contributed by atoms with Gasteiger partial charge in [0.25, 0.3) is 0 Å². The number of anilines is 1. The van der Waals surface area contributed by atoms with Crippen LogP contribution in [0.2, 0.25) is 0 Å². The van der Waals surface area contributed by atoms with E-state index < -0.39 is 0 Å². The topological polar surface area (TPSA) is 98.5 Å². The predicted molar refractivity (Wildman–Crippen MR) is 84.8 cm³/mol. The van der Waals surface area contributed by atoms with Gasteiger partial charge in [-0.15, -0.1) is 0 Å². The molecule has 1 fully saturated rings. The first kappa shape index (κ1) is 13.0. The number of nitrogens with one attached hydrogen (secondary N) is 4. The molecule has 0 saturated carbocycles. The van der Waals surface area contributed by atoms with E-state index in [4.69, 9.17) is 0 Å². The van der Waals surface area contributed by atoms with Gasteiger partial charge in [0.1, 0.15) is 11.5 Å². The summed E-state index contributed by atoms with van der Waals surface area (Å²) in [7, 11) is 0. The molecule has 1 atom stereocenters. The van der Waals surface area contributed by atoms with Crippen LogP contribution in [0, 0.1) is 0 Å². The first-order valence-electron chi connectivity index (χ1n) is 7.32. The van der Waals surface area contributed by atoms with Crippen LogP contribution in [0.5, 0.6) is 0 Å². The molecule has 1 aromatic carbocycles. The number of benzene rings is 1. The second-order valence-corrected chi connectivity index (χ2v) is 5.44. The summed E-state index contributed by atoms with van der Waals surface area (Å²) in [4.78, 5) is 18.6. The minimum atomic E-state index is -0.334. The van der Waals surface area contributed by atoms with Gasteiger partial charge in [-0.2, -0.15) is 5.10 Å². The van der Waals surface area contributed by atoms with Gasteiger partial charge < -0.3 is 10.6 Å². The van der Waals surface area contributed by atoms with Gasteiger partial charge in [-0.3, -0.25) is 4.98 Å². The van der Waals surface area contributed by atoms with Gasteiger partial charge in [0.15, 0.2) is 5.82 Å². The van der Waals surface area contributed by atoms with Crippen molar-refractivity contribution in [3.05, 3.63) is 40.8 Å². The van der Waals surface area contributed by atoms with Crippen LogP contribution < -0.4 is 16.3 Å². The van der Waals surface area contributed by atoms with Crippen LogP contribution in [-0.4, -0.2) is 39.3 Å². The zero-order valence-electron chi connectivity index (χ0n) is 11.9. The Balaban J connectivity index is 1.83. The monoisotopic (exact) mass is 296 g/mol. The molecule has 4 rings (SSSR count). The van der Waals surface area contributed by atoms with Crippen LogP contribution in [-0.2, 0) is 0 Å². The average molecular weight is 296 g/mol. The smallest absolute Gasteiger partial charge is 0.340 e. The van der Waals surface area contributed by atoms with Gasteiger partial charge in [0.2, 0.25) is 0 Å². The summed E-state index contributed by atoms with van der Waals surface area (Å²) in [6, 6.07) is 10.4. The lowest BCUT2D eigenvalue weighted by atomic mass is 10.1. The standard InChI is InChI=1S/C15H16N6O/c22-15-19-14(20-21-15)12-7-9-3-1-2-4-11(9)13(18-12)17-10-5-6-16-8-10/h1-4,7,10,16H,5-6,8H2,(H,17,18)(H2,19,20,21,22)/t10-/m0/s1. The Labute approximate surface area is 126 Å². The van der Waals surface area contributed by atoms with Gasteiger partial charge in [-0.1, -0.05) is 24.3 Å². The van der Waals surface area contributed by atoms with E-state index in [9.17, 15) is 4.79 Å². The Bertz CT molecular complexity index is 862. The fraction of sp³-hybridized carbons (Fsp3) is 0.267. The van der Waals surface area contributed by atoms with Crippen LogP contribution in [0.25, 0.3) is 22.3 Å². The molecule has 3 heterocycles. The molecule has 0 radical (unpaired) electrons. The Morgan fingerprint density at radius 1 is 1.27 bits per heavy atom. The quantitative estimate of drug-likeness (QED) is 0.580. The lowest BCUT2D eigenvalue weighted by Gasteiger charge is -2.15. The van der Waals surface area contributed by atoms with E-state index in [1.54, 1.807) is 0 Å². The second-order valence-electron chi connectivity index (χ2n) is 5.44. The van der Waals surface area contributed by atoms with E-state index in [2.05, 4.69) is 30.8 Å². The van der Waals surface area contributed by atoms with Crippen molar-refractivity contribution in [3.8, 4) is 11.5 Å². The van der Waals surface area contributed by atoms with Crippen LogP contribution in [0.1, 0.15) is 6.42 Å². The fourth-order valence-electron chi connectivity index (χ4n) is 2.79. The third-order valence-corrected chi connectivity index (χ3v) is 3.89. The fourth-order valence-corrected chi connectivity index (χ4v) is 2.79. The molecule has 4 N–H and O–H groups in total. The normalized spacial score (nSPS) is 17.9. The van der Waals surface area contributed by atoms with Gasteiger partial charge in [0, 0.05) is 18.0 Å². The number of hydrogen-bond donors (Lipinski definition) is 4. The van der Waals surface area contributed by atoms with E-state index in [-0.39, 0.29) is 5.69 Å². The van der Waals surface area contributed by atoms with E-state index in [1.807, 2.05) is 30.3 Å².